The summed E-state index contributed by atoms with van der Waals surface area (Å²) in [5.74, 6) is 0. The van der Waals surface area contributed by atoms with Crippen molar-refractivity contribution < 1.29 is 0 Å². The van der Waals surface area contributed by atoms with Crippen molar-refractivity contribution in [2.75, 3.05) is 0 Å². The number of hydrogen-bond acceptors (Lipinski definition) is 2. The largest absolute Gasteiger partial charge is 0.260 e. The maximum Gasteiger partial charge on any atom is 0.0525 e. The highest BCUT2D eigenvalue weighted by Crippen LogP contribution is 2.41. The topological polar surface area (TPSA) is 12.9 Å². The molecular weight excluding hydrogens is 190 g/mol. The average molecular weight is 205 g/mol. The molecule has 1 nitrogen and oxygen atoms in total. The van der Waals surface area contributed by atoms with Gasteiger partial charge in [-0.2, -0.15) is 0 Å². The van der Waals surface area contributed by atoms with Crippen LogP contribution in [0.4, 0.5) is 0 Å². The second kappa shape index (κ2) is 3.43. The zero-order chi connectivity index (χ0) is 10.2. The maximum atomic E-state index is 4.37. The van der Waals surface area contributed by atoms with Crippen molar-refractivity contribution in [2.45, 2.75) is 31.9 Å². The minimum atomic E-state index is 0.281. The van der Waals surface area contributed by atoms with E-state index < -0.39 is 0 Å². The molecule has 14 heavy (non-hydrogen) atoms. The quantitative estimate of drug-likeness (QED) is 0.696. The normalized spacial score (nSPS) is 15.2. The Morgan fingerprint density at radius 3 is 2.86 bits per heavy atom. The number of rotatable bonds is 1. The third kappa shape index (κ3) is 2.01. The van der Waals surface area contributed by atoms with Crippen molar-refractivity contribution in [2.24, 2.45) is 0 Å². The van der Waals surface area contributed by atoms with Crippen LogP contribution in [0.5, 0.6) is 0 Å². The summed E-state index contributed by atoms with van der Waals surface area (Å²) in [6.45, 7) is 6.73. The average Bonchev–Trinajstić information content (AvgIpc) is 2.47. The Hall–Kier alpha value is -0.760. The molecule has 74 valence electrons. The second-order valence-electron chi connectivity index (χ2n) is 4.48. The fraction of sp³-hybridized carbons (Fsp3) is 0.417. The number of fused-ring (bicyclic) bond motifs is 1. The van der Waals surface area contributed by atoms with Gasteiger partial charge in [0.05, 0.1) is 5.69 Å². The van der Waals surface area contributed by atoms with Crippen LogP contribution in [-0.4, -0.2) is 9.73 Å². The molecule has 0 bridgehead atoms. The van der Waals surface area contributed by atoms with Crippen molar-refractivity contribution in [3.8, 4) is 0 Å². The summed E-state index contributed by atoms with van der Waals surface area (Å²) in [6.07, 6.45) is 5.15. The third-order valence-corrected chi connectivity index (χ3v) is 3.27. The molecule has 2 heteroatoms. The van der Waals surface area contributed by atoms with Crippen molar-refractivity contribution in [3.63, 3.8) is 0 Å². The number of hydrogen-bond donors (Lipinski definition) is 0. The minimum Gasteiger partial charge on any atom is -0.260 e. The van der Waals surface area contributed by atoms with Gasteiger partial charge in [0.1, 0.15) is 0 Å². The van der Waals surface area contributed by atoms with E-state index in [4.69, 9.17) is 0 Å². The SMILES string of the molecule is CC(C)(C)SC1=CCc2ncccc21. The van der Waals surface area contributed by atoms with E-state index in [0.29, 0.717) is 0 Å². The van der Waals surface area contributed by atoms with Gasteiger partial charge < -0.3 is 0 Å². The van der Waals surface area contributed by atoms with Gasteiger partial charge in [0.15, 0.2) is 0 Å². The van der Waals surface area contributed by atoms with Gasteiger partial charge >= 0.3 is 0 Å². The van der Waals surface area contributed by atoms with Gasteiger partial charge in [0.2, 0.25) is 0 Å². The van der Waals surface area contributed by atoms with Crippen molar-refractivity contribution in [3.05, 3.63) is 35.7 Å². The van der Waals surface area contributed by atoms with Gasteiger partial charge in [0.25, 0.3) is 0 Å². The van der Waals surface area contributed by atoms with Crippen LogP contribution >= 0.6 is 11.8 Å². The Kier molecular flexibility index (Phi) is 2.40. The predicted molar refractivity (Wildman–Crippen MR) is 63.3 cm³/mol. The fourth-order valence-corrected chi connectivity index (χ4v) is 2.67. The van der Waals surface area contributed by atoms with Crippen molar-refractivity contribution >= 4 is 16.7 Å². The molecule has 0 atom stereocenters. The molecule has 0 aliphatic heterocycles. The van der Waals surface area contributed by atoms with Gasteiger partial charge in [0, 0.05) is 27.8 Å². The summed E-state index contributed by atoms with van der Waals surface area (Å²) in [4.78, 5) is 5.76. The molecule has 1 aromatic heterocycles. The van der Waals surface area contributed by atoms with Crippen LogP contribution in [0.1, 0.15) is 32.0 Å². The predicted octanol–water partition coefficient (Wildman–Crippen LogP) is 3.51. The highest BCUT2D eigenvalue weighted by Gasteiger charge is 2.20. The number of allylic oxidation sites excluding steroid dienone is 1. The van der Waals surface area contributed by atoms with Gasteiger partial charge in [-0.15, -0.1) is 11.8 Å². The summed E-state index contributed by atoms with van der Waals surface area (Å²) in [7, 11) is 0. The first-order chi connectivity index (χ1) is 6.56. The van der Waals surface area contributed by atoms with Gasteiger partial charge in [-0.05, 0) is 6.07 Å². The molecule has 0 spiro atoms. The van der Waals surface area contributed by atoms with Crippen molar-refractivity contribution in [1.82, 2.24) is 4.98 Å². The van der Waals surface area contributed by atoms with Gasteiger partial charge in [-0.25, -0.2) is 0 Å². The maximum absolute atomic E-state index is 4.37. The second-order valence-corrected chi connectivity index (χ2v) is 6.35. The van der Waals surface area contributed by atoms with Crippen LogP contribution in [0, 0.1) is 0 Å². The first-order valence-electron chi connectivity index (χ1n) is 4.90. The Labute approximate surface area is 89.6 Å². The lowest BCUT2D eigenvalue weighted by atomic mass is 10.2. The number of aromatic nitrogens is 1. The molecule has 1 aromatic rings. The van der Waals surface area contributed by atoms with E-state index in [2.05, 4.69) is 37.9 Å². The summed E-state index contributed by atoms with van der Waals surface area (Å²) in [5, 5.41) is 0. The van der Waals surface area contributed by atoms with E-state index in [9.17, 15) is 0 Å². The monoisotopic (exact) mass is 205 g/mol. The highest BCUT2D eigenvalue weighted by atomic mass is 32.2. The van der Waals surface area contributed by atoms with Crippen LogP contribution in [0.25, 0.3) is 4.91 Å². The first kappa shape index (κ1) is 9.78. The van der Waals surface area contributed by atoms with E-state index in [0.717, 1.165) is 6.42 Å². The smallest absolute Gasteiger partial charge is 0.0525 e. The lowest BCUT2D eigenvalue weighted by Crippen LogP contribution is -2.06. The lowest BCUT2D eigenvalue weighted by Gasteiger charge is -2.18. The number of pyridine rings is 1. The molecule has 1 aliphatic carbocycles. The van der Waals surface area contributed by atoms with Crippen LogP contribution in [-0.2, 0) is 6.42 Å². The molecule has 2 rings (SSSR count). The van der Waals surface area contributed by atoms with Gasteiger partial charge in [-0.1, -0.05) is 32.9 Å². The molecule has 0 aromatic carbocycles. The minimum absolute atomic E-state index is 0.281. The third-order valence-electron chi connectivity index (χ3n) is 2.05. The van der Waals surface area contributed by atoms with E-state index in [-0.39, 0.29) is 4.75 Å². The molecule has 0 N–H and O–H groups in total. The molecule has 0 unspecified atom stereocenters. The van der Waals surface area contributed by atoms with Crippen LogP contribution in [0.3, 0.4) is 0 Å². The number of thioether (sulfide) groups is 1. The molecule has 0 amide bonds. The Balaban J connectivity index is 2.25. The molecule has 0 saturated carbocycles. The van der Waals surface area contributed by atoms with Crippen LogP contribution < -0.4 is 0 Å². The molecule has 1 aliphatic rings. The molecular formula is C12H15NS. The summed E-state index contributed by atoms with van der Waals surface area (Å²) < 4.78 is 0.281. The summed E-state index contributed by atoms with van der Waals surface area (Å²) in [5.41, 5.74) is 2.55. The van der Waals surface area contributed by atoms with Crippen LogP contribution in [0.15, 0.2) is 24.4 Å². The zero-order valence-corrected chi connectivity index (χ0v) is 9.69. The molecule has 0 radical (unpaired) electrons. The van der Waals surface area contributed by atoms with E-state index in [1.54, 1.807) is 0 Å². The Morgan fingerprint density at radius 1 is 1.36 bits per heavy atom. The highest BCUT2D eigenvalue weighted by molar-refractivity contribution is 8.09. The zero-order valence-electron chi connectivity index (χ0n) is 8.87. The van der Waals surface area contributed by atoms with Crippen molar-refractivity contribution in [1.29, 1.82) is 0 Å². The first-order valence-corrected chi connectivity index (χ1v) is 5.71. The van der Waals surface area contributed by atoms with Gasteiger partial charge in [-0.3, -0.25) is 4.98 Å². The number of nitrogens with zero attached hydrogens (tertiary/aromatic N) is 1. The molecule has 0 fully saturated rings. The van der Waals surface area contributed by atoms with E-state index >= 15 is 0 Å². The Morgan fingerprint density at radius 2 is 2.14 bits per heavy atom. The van der Waals surface area contributed by atoms with E-state index in [1.807, 2.05) is 24.0 Å². The lowest BCUT2D eigenvalue weighted by molar-refractivity contribution is 0.808. The Bertz CT molecular complexity index is 374. The molecule has 1 heterocycles. The summed E-state index contributed by atoms with van der Waals surface area (Å²) >= 11 is 1.93. The fourth-order valence-electron chi connectivity index (χ4n) is 1.55. The van der Waals surface area contributed by atoms with E-state index in [1.165, 1.54) is 16.2 Å². The molecule has 0 saturated heterocycles. The van der Waals surface area contributed by atoms with Crippen LogP contribution in [0.2, 0.25) is 0 Å². The standard InChI is InChI=1S/C12H15NS/c1-12(2,3)14-11-7-6-10-9(11)5-4-8-13-10/h4-5,7-8H,6H2,1-3H3. The summed E-state index contributed by atoms with van der Waals surface area (Å²) in [6, 6.07) is 4.18.